The molecule has 0 spiro atoms. The first kappa shape index (κ1) is 16.5. The van der Waals surface area contributed by atoms with Gasteiger partial charge in [-0.15, -0.1) is 0 Å². The summed E-state index contributed by atoms with van der Waals surface area (Å²) < 4.78 is 1.27. The van der Waals surface area contributed by atoms with Crippen molar-refractivity contribution in [2.24, 2.45) is 0 Å². The van der Waals surface area contributed by atoms with Crippen molar-refractivity contribution >= 4 is 5.69 Å². The van der Waals surface area contributed by atoms with Crippen molar-refractivity contribution in [2.75, 3.05) is 19.8 Å². The van der Waals surface area contributed by atoms with Crippen LogP contribution in [0, 0.1) is 10.1 Å². The molecule has 9 heteroatoms. The highest BCUT2D eigenvalue weighted by molar-refractivity contribution is 5.20. The maximum Gasteiger partial charge on any atom is 0.306 e. The minimum Gasteiger partial charge on any atom is -0.394 e. The molecule has 0 fully saturated rings. The van der Waals surface area contributed by atoms with Gasteiger partial charge in [0.15, 0.2) is 0 Å². The lowest BCUT2D eigenvalue weighted by atomic mass is 9.98. The van der Waals surface area contributed by atoms with E-state index < -0.39 is 16.6 Å². The Kier molecular flexibility index (Phi) is 6.02. The second-order valence-corrected chi connectivity index (χ2v) is 4.66. The third-order valence-corrected chi connectivity index (χ3v) is 3.22. The molecule has 20 heavy (non-hydrogen) atoms. The summed E-state index contributed by atoms with van der Waals surface area (Å²) in [5.41, 5.74) is -0.976. The molecule has 4 N–H and O–H groups in total. The molecule has 0 aliphatic rings. The number of aliphatic hydroxyl groups excluding tert-OH is 3. The van der Waals surface area contributed by atoms with Crippen LogP contribution in [0.15, 0.2) is 12.4 Å². The van der Waals surface area contributed by atoms with Crippen molar-refractivity contribution in [3.05, 3.63) is 22.5 Å². The molecular weight excluding hydrogens is 268 g/mol. The van der Waals surface area contributed by atoms with Crippen molar-refractivity contribution in [1.29, 1.82) is 0 Å². The van der Waals surface area contributed by atoms with Crippen LogP contribution in [0.25, 0.3) is 0 Å². The lowest BCUT2D eigenvalue weighted by molar-refractivity contribution is -0.385. The number of hydrogen-bond donors (Lipinski definition) is 4. The zero-order chi connectivity index (χ0) is 15.2. The minimum absolute atomic E-state index is 0.0808. The largest absolute Gasteiger partial charge is 0.394 e. The first-order valence-electron chi connectivity index (χ1n) is 6.28. The summed E-state index contributed by atoms with van der Waals surface area (Å²) in [6.07, 6.45) is 1.99. The van der Waals surface area contributed by atoms with E-state index in [4.69, 9.17) is 0 Å². The van der Waals surface area contributed by atoms with Gasteiger partial charge in [0.1, 0.15) is 12.4 Å². The van der Waals surface area contributed by atoms with Gasteiger partial charge in [0.25, 0.3) is 0 Å². The van der Waals surface area contributed by atoms with E-state index in [1.165, 1.54) is 10.9 Å². The van der Waals surface area contributed by atoms with E-state index in [-0.39, 0.29) is 32.0 Å². The molecule has 1 rings (SSSR count). The molecule has 9 nitrogen and oxygen atoms in total. The fourth-order valence-electron chi connectivity index (χ4n) is 1.67. The number of nitrogens with zero attached hydrogens (tertiary/aromatic N) is 3. The number of rotatable bonds is 9. The second kappa shape index (κ2) is 7.29. The van der Waals surface area contributed by atoms with E-state index in [1.54, 1.807) is 0 Å². The molecular formula is C11H20N4O5. The van der Waals surface area contributed by atoms with Gasteiger partial charge in [-0.05, 0) is 6.42 Å². The van der Waals surface area contributed by atoms with Gasteiger partial charge in [0.2, 0.25) is 0 Å². The van der Waals surface area contributed by atoms with Crippen molar-refractivity contribution in [3.63, 3.8) is 0 Å². The number of hydrogen-bond acceptors (Lipinski definition) is 7. The Bertz CT molecular complexity index is 424. The third kappa shape index (κ3) is 4.23. The van der Waals surface area contributed by atoms with Crippen LogP contribution in [0.2, 0.25) is 0 Å². The van der Waals surface area contributed by atoms with Crippen LogP contribution in [0.3, 0.4) is 0 Å². The normalized spacial score (nSPS) is 13.4. The highest BCUT2D eigenvalue weighted by atomic mass is 16.6. The van der Waals surface area contributed by atoms with Gasteiger partial charge in [-0.25, -0.2) is 0 Å². The Labute approximate surface area is 116 Å². The van der Waals surface area contributed by atoms with E-state index >= 15 is 0 Å². The molecule has 0 amide bonds. The Morgan fingerprint density at radius 2 is 2.20 bits per heavy atom. The SMILES string of the molecule is CCC(CO)(CO)NCC(O)Cn1cc([N+](=O)[O-])cn1. The number of aromatic nitrogens is 2. The summed E-state index contributed by atoms with van der Waals surface area (Å²) in [6.45, 7) is 1.52. The Balaban J connectivity index is 2.50. The first-order valence-corrected chi connectivity index (χ1v) is 6.28. The maximum atomic E-state index is 10.5. The molecule has 0 bridgehead atoms. The highest BCUT2D eigenvalue weighted by Gasteiger charge is 2.26. The molecule has 0 aromatic carbocycles. The van der Waals surface area contributed by atoms with E-state index in [2.05, 4.69) is 10.4 Å². The van der Waals surface area contributed by atoms with Gasteiger partial charge < -0.3 is 20.6 Å². The Morgan fingerprint density at radius 3 is 2.65 bits per heavy atom. The Hall–Kier alpha value is -1.55. The molecule has 1 heterocycles. The zero-order valence-corrected chi connectivity index (χ0v) is 11.3. The monoisotopic (exact) mass is 288 g/mol. The van der Waals surface area contributed by atoms with Gasteiger partial charge in [0.05, 0.1) is 36.3 Å². The van der Waals surface area contributed by atoms with Crippen LogP contribution in [-0.2, 0) is 6.54 Å². The van der Waals surface area contributed by atoms with Crippen molar-refractivity contribution in [1.82, 2.24) is 15.1 Å². The molecule has 0 saturated heterocycles. The van der Waals surface area contributed by atoms with E-state index in [9.17, 15) is 25.4 Å². The third-order valence-electron chi connectivity index (χ3n) is 3.22. The Morgan fingerprint density at radius 1 is 1.55 bits per heavy atom. The summed E-state index contributed by atoms with van der Waals surface area (Å²) in [5.74, 6) is 0. The van der Waals surface area contributed by atoms with Crippen molar-refractivity contribution in [2.45, 2.75) is 31.5 Å². The van der Waals surface area contributed by atoms with Gasteiger partial charge in [-0.1, -0.05) is 6.92 Å². The zero-order valence-electron chi connectivity index (χ0n) is 11.3. The maximum absolute atomic E-state index is 10.5. The van der Waals surface area contributed by atoms with E-state index in [0.717, 1.165) is 6.20 Å². The number of β-amino-alcohol motifs (C(OH)–C–C–N with tert-alkyl or cyclic N) is 1. The standard InChI is InChI=1S/C11H20N4O5/c1-2-11(7-16,8-17)12-4-10(18)6-14-5-9(3-13-14)15(19)20/h3,5,10,12,16-18H,2,4,6-8H2,1H3. The van der Waals surface area contributed by atoms with Crippen molar-refractivity contribution < 1.29 is 20.2 Å². The van der Waals surface area contributed by atoms with Crippen LogP contribution in [-0.4, -0.2) is 61.4 Å². The fraction of sp³-hybridized carbons (Fsp3) is 0.727. The molecule has 1 aromatic heterocycles. The van der Waals surface area contributed by atoms with Crippen molar-refractivity contribution in [3.8, 4) is 0 Å². The van der Waals surface area contributed by atoms with Gasteiger partial charge in [0, 0.05) is 6.54 Å². The minimum atomic E-state index is -0.849. The summed E-state index contributed by atoms with van der Waals surface area (Å²) >= 11 is 0. The summed E-state index contributed by atoms with van der Waals surface area (Å²) in [6, 6.07) is 0. The summed E-state index contributed by atoms with van der Waals surface area (Å²) in [7, 11) is 0. The molecule has 0 radical (unpaired) electrons. The smallest absolute Gasteiger partial charge is 0.306 e. The topological polar surface area (TPSA) is 134 Å². The molecule has 1 unspecified atom stereocenters. The average Bonchev–Trinajstić information content (AvgIpc) is 2.90. The predicted molar refractivity (Wildman–Crippen MR) is 70.1 cm³/mol. The van der Waals surface area contributed by atoms with Crippen LogP contribution in [0.5, 0.6) is 0 Å². The summed E-state index contributed by atoms with van der Waals surface area (Å²) in [4.78, 5) is 9.93. The van der Waals surface area contributed by atoms with Gasteiger partial charge in [-0.3, -0.25) is 14.8 Å². The molecule has 114 valence electrons. The lowest BCUT2D eigenvalue weighted by Crippen LogP contribution is -2.53. The average molecular weight is 288 g/mol. The lowest BCUT2D eigenvalue weighted by Gasteiger charge is -2.30. The van der Waals surface area contributed by atoms with Crippen LogP contribution < -0.4 is 5.32 Å². The molecule has 1 aromatic rings. The number of nitro groups is 1. The van der Waals surface area contributed by atoms with E-state index in [1.807, 2.05) is 6.92 Å². The van der Waals surface area contributed by atoms with Crippen LogP contribution in [0.4, 0.5) is 5.69 Å². The molecule has 0 aliphatic heterocycles. The fourth-order valence-corrected chi connectivity index (χ4v) is 1.67. The quantitative estimate of drug-likeness (QED) is 0.334. The highest BCUT2D eigenvalue weighted by Crippen LogP contribution is 2.10. The molecule has 0 aliphatic carbocycles. The summed E-state index contributed by atoms with van der Waals surface area (Å²) in [5, 5.41) is 45.5. The molecule has 1 atom stereocenters. The second-order valence-electron chi connectivity index (χ2n) is 4.66. The number of nitrogens with one attached hydrogen (secondary N) is 1. The van der Waals surface area contributed by atoms with Crippen LogP contribution in [0.1, 0.15) is 13.3 Å². The predicted octanol–water partition coefficient (Wildman–Crippen LogP) is -1.12. The number of aliphatic hydroxyl groups is 3. The van der Waals surface area contributed by atoms with Crippen LogP contribution >= 0.6 is 0 Å². The van der Waals surface area contributed by atoms with Gasteiger partial charge >= 0.3 is 5.69 Å². The molecule has 0 saturated carbocycles. The van der Waals surface area contributed by atoms with E-state index in [0.29, 0.717) is 6.42 Å². The van der Waals surface area contributed by atoms with Gasteiger partial charge in [-0.2, -0.15) is 5.10 Å². The first-order chi connectivity index (χ1) is 9.46.